The summed E-state index contributed by atoms with van der Waals surface area (Å²) < 4.78 is 13.7. The summed E-state index contributed by atoms with van der Waals surface area (Å²) in [6.07, 6.45) is 0.771. The Hall–Kier alpha value is -3.77. The molecule has 2 heterocycles. The van der Waals surface area contributed by atoms with Gasteiger partial charge in [-0.2, -0.15) is 0 Å². The number of nitrogens with zero attached hydrogens (tertiary/aromatic N) is 2. The fourth-order valence-corrected chi connectivity index (χ4v) is 5.82. The molecule has 0 fully saturated rings. The molecule has 4 aromatic rings. The number of carbonyl (C=O) groups excluding carboxylic acids is 2. The third-order valence-electron chi connectivity index (χ3n) is 6.90. The summed E-state index contributed by atoms with van der Waals surface area (Å²) in [5, 5.41) is 2.04. The largest absolute Gasteiger partial charge is 0.330 e. The van der Waals surface area contributed by atoms with Crippen molar-refractivity contribution in [3.8, 4) is 11.1 Å². The first-order valence-corrected chi connectivity index (χ1v) is 13.4. The Balaban J connectivity index is 1.38. The van der Waals surface area contributed by atoms with Crippen LogP contribution in [0.4, 0.5) is 4.39 Å². The van der Waals surface area contributed by atoms with E-state index < -0.39 is 0 Å². The Morgan fingerprint density at radius 1 is 0.946 bits per heavy atom. The average molecular weight is 513 g/mol. The Morgan fingerprint density at radius 3 is 2.30 bits per heavy atom. The minimum atomic E-state index is -0.308. The molecule has 0 bridgehead atoms. The molecule has 6 heteroatoms. The maximum absolute atomic E-state index is 13.7. The fourth-order valence-electron chi connectivity index (χ4n) is 4.92. The standard InChI is InChI=1S/C31H29FN2O2S/c1-21(2)34(31(36)25-10-8-23(9-11-25)22-6-4-3-5-7-22)20-29(35)33-18-16-28-27(17-19-37-28)30(33)24-12-14-26(32)15-13-24/h3-15,17,19,21,30H,16,18,20H2,1-2H3. The van der Waals surface area contributed by atoms with Crippen molar-refractivity contribution in [3.05, 3.63) is 118 Å². The van der Waals surface area contributed by atoms with Gasteiger partial charge in [0.25, 0.3) is 5.91 Å². The molecule has 0 radical (unpaired) electrons. The lowest BCUT2D eigenvalue weighted by Gasteiger charge is -2.38. The maximum atomic E-state index is 13.7. The Morgan fingerprint density at radius 2 is 1.62 bits per heavy atom. The van der Waals surface area contributed by atoms with Crippen LogP contribution in [0.2, 0.25) is 0 Å². The van der Waals surface area contributed by atoms with Crippen molar-refractivity contribution in [3.63, 3.8) is 0 Å². The maximum Gasteiger partial charge on any atom is 0.254 e. The number of carbonyl (C=O) groups is 2. The lowest BCUT2D eigenvalue weighted by Crippen LogP contribution is -2.48. The lowest BCUT2D eigenvalue weighted by atomic mass is 9.93. The first kappa shape index (κ1) is 24.9. The molecule has 1 unspecified atom stereocenters. The molecule has 188 valence electrons. The summed E-state index contributed by atoms with van der Waals surface area (Å²) >= 11 is 1.68. The molecule has 4 nitrogen and oxygen atoms in total. The van der Waals surface area contributed by atoms with Crippen LogP contribution in [0.5, 0.6) is 0 Å². The van der Waals surface area contributed by atoms with Gasteiger partial charge in [0.1, 0.15) is 12.4 Å². The van der Waals surface area contributed by atoms with Gasteiger partial charge in [-0.1, -0.05) is 54.6 Å². The third kappa shape index (κ3) is 5.20. The molecular formula is C31H29FN2O2S. The predicted molar refractivity (Wildman–Crippen MR) is 146 cm³/mol. The topological polar surface area (TPSA) is 40.6 Å². The van der Waals surface area contributed by atoms with E-state index in [9.17, 15) is 14.0 Å². The zero-order chi connectivity index (χ0) is 25.9. The second kappa shape index (κ2) is 10.7. The zero-order valence-corrected chi connectivity index (χ0v) is 21.7. The molecule has 37 heavy (non-hydrogen) atoms. The van der Waals surface area contributed by atoms with Gasteiger partial charge < -0.3 is 9.80 Å². The molecule has 1 atom stereocenters. The molecule has 1 aromatic heterocycles. The van der Waals surface area contributed by atoms with Crippen LogP contribution >= 0.6 is 11.3 Å². The molecule has 0 saturated heterocycles. The van der Waals surface area contributed by atoms with E-state index in [0.29, 0.717) is 12.1 Å². The Bertz CT molecular complexity index is 1380. The van der Waals surface area contributed by atoms with E-state index in [2.05, 4.69) is 0 Å². The summed E-state index contributed by atoms with van der Waals surface area (Å²) in [6.45, 7) is 4.39. The van der Waals surface area contributed by atoms with E-state index in [-0.39, 0.29) is 36.3 Å². The van der Waals surface area contributed by atoms with Gasteiger partial charge in [0, 0.05) is 23.0 Å². The number of amides is 2. The van der Waals surface area contributed by atoms with Gasteiger partial charge in [-0.25, -0.2) is 4.39 Å². The molecule has 0 saturated carbocycles. The van der Waals surface area contributed by atoms with Crippen LogP contribution in [0, 0.1) is 5.82 Å². The number of hydrogen-bond donors (Lipinski definition) is 0. The molecule has 0 N–H and O–H groups in total. The van der Waals surface area contributed by atoms with Crippen LogP contribution < -0.4 is 0 Å². The van der Waals surface area contributed by atoms with Crippen molar-refractivity contribution in [2.45, 2.75) is 32.4 Å². The number of thiophene rings is 1. The van der Waals surface area contributed by atoms with Gasteiger partial charge in [-0.3, -0.25) is 9.59 Å². The third-order valence-corrected chi connectivity index (χ3v) is 7.90. The van der Waals surface area contributed by atoms with Gasteiger partial charge in [0.05, 0.1) is 6.04 Å². The highest BCUT2D eigenvalue weighted by molar-refractivity contribution is 7.10. The second-order valence-corrected chi connectivity index (χ2v) is 10.6. The van der Waals surface area contributed by atoms with Crippen molar-refractivity contribution in [2.24, 2.45) is 0 Å². The minimum absolute atomic E-state index is 0.0197. The van der Waals surface area contributed by atoms with E-state index in [1.54, 1.807) is 28.4 Å². The van der Waals surface area contributed by atoms with E-state index >= 15 is 0 Å². The van der Waals surface area contributed by atoms with E-state index in [4.69, 9.17) is 0 Å². The average Bonchev–Trinajstić information content (AvgIpc) is 3.41. The van der Waals surface area contributed by atoms with Crippen LogP contribution in [0.3, 0.4) is 0 Å². The summed E-state index contributed by atoms with van der Waals surface area (Å²) in [5.74, 6) is -0.596. The Kier molecular flexibility index (Phi) is 7.19. The highest BCUT2D eigenvalue weighted by Crippen LogP contribution is 2.38. The van der Waals surface area contributed by atoms with E-state index in [0.717, 1.165) is 28.7 Å². The van der Waals surface area contributed by atoms with Crippen molar-refractivity contribution < 1.29 is 14.0 Å². The second-order valence-electron chi connectivity index (χ2n) is 9.56. The SMILES string of the molecule is CC(C)N(CC(=O)N1CCc2sccc2C1c1ccc(F)cc1)C(=O)c1ccc(-c2ccccc2)cc1. The summed E-state index contributed by atoms with van der Waals surface area (Å²) in [4.78, 5) is 32.0. The lowest BCUT2D eigenvalue weighted by molar-refractivity contribution is -0.134. The first-order valence-electron chi connectivity index (χ1n) is 12.5. The number of rotatable bonds is 6. The summed E-state index contributed by atoms with van der Waals surface area (Å²) in [7, 11) is 0. The number of fused-ring (bicyclic) bond motifs is 1. The van der Waals surface area contributed by atoms with Gasteiger partial charge in [-0.15, -0.1) is 11.3 Å². The minimum Gasteiger partial charge on any atom is -0.330 e. The number of hydrogen-bond acceptors (Lipinski definition) is 3. The molecule has 0 spiro atoms. The normalized spacial score (nSPS) is 14.9. The number of benzene rings is 3. The van der Waals surface area contributed by atoms with Gasteiger partial charge in [0.2, 0.25) is 5.91 Å². The van der Waals surface area contributed by atoms with Gasteiger partial charge in [-0.05, 0) is 78.2 Å². The van der Waals surface area contributed by atoms with Crippen LogP contribution in [0.15, 0.2) is 90.3 Å². The van der Waals surface area contributed by atoms with Crippen LogP contribution in [-0.2, 0) is 11.2 Å². The zero-order valence-electron chi connectivity index (χ0n) is 20.9. The van der Waals surface area contributed by atoms with E-state index in [1.165, 1.54) is 17.0 Å². The Labute approximate surface area is 221 Å². The van der Waals surface area contributed by atoms with Crippen molar-refractivity contribution in [2.75, 3.05) is 13.1 Å². The summed E-state index contributed by atoms with van der Waals surface area (Å²) in [6, 6.07) is 25.5. The van der Waals surface area contributed by atoms with Gasteiger partial charge in [0.15, 0.2) is 0 Å². The molecule has 3 aromatic carbocycles. The summed E-state index contributed by atoms with van der Waals surface area (Å²) in [5.41, 5.74) is 4.62. The molecule has 2 amide bonds. The quantitative estimate of drug-likeness (QED) is 0.293. The molecule has 0 aliphatic carbocycles. The number of halogens is 1. The molecule has 1 aliphatic heterocycles. The highest BCUT2D eigenvalue weighted by atomic mass is 32.1. The molecule has 1 aliphatic rings. The highest BCUT2D eigenvalue weighted by Gasteiger charge is 2.34. The smallest absolute Gasteiger partial charge is 0.254 e. The van der Waals surface area contributed by atoms with Crippen LogP contribution in [0.25, 0.3) is 11.1 Å². The van der Waals surface area contributed by atoms with Crippen LogP contribution in [0.1, 0.15) is 46.3 Å². The van der Waals surface area contributed by atoms with Crippen molar-refractivity contribution in [1.82, 2.24) is 9.80 Å². The van der Waals surface area contributed by atoms with Crippen molar-refractivity contribution in [1.29, 1.82) is 0 Å². The van der Waals surface area contributed by atoms with Crippen molar-refractivity contribution >= 4 is 23.2 Å². The molecule has 5 rings (SSSR count). The predicted octanol–water partition coefficient (Wildman–Crippen LogP) is 6.58. The molecular weight excluding hydrogens is 483 g/mol. The van der Waals surface area contributed by atoms with E-state index in [1.807, 2.05) is 84.8 Å². The van der Waals surface area contributed by atoms with Gasteiger partial charge >= 0.3 is 0 Å². The van der Waals surface area contributed by atoms with Crippen LogP contribution in [-0.4, -0.2) is 40.7 Å². The fraction of sp³-hybridized carbons (Fsp3) is 0.226. The first-order chi connectivity index (χ1) is 17.9. The monoisotopic (exact) mass is 512 g/mol.